The van der Waals surface area contributed by atoms with Crippen molar-refractivity contribution in [2.75, 3.05) is 0 Å². The minimum absolute atomic E-state index is 0.713. The molecule has 0 N–H and O–H groups in total. The van der Waals surface area contributed by atoms with E-state index in [4.69, 9.17) is 0 Å². The third-order valence-corrected chi connectivity index (χ3v) is 2.75. The number of hydrogen-bond donors (Lipinski definition) is 0. The van der Waals surface area contributed by atoms with Gasteiger partial charge in [-0.05, 0) is 17.7 Å². The Morgan fingerprint density at radius 2 is 1.83 bits per heavy atom. The van der Waals surface area contributed by atoms with Crippen LogP contribution in [0.1, 0.15) is 5.56 Å². The second-order valence-corrected chi connectivity index (χ2v) is 4.00. The van der Waals surface area contributed by atoms with Gasteiger partial charge in [0.15, 0.2) is 0 Å². The van der Waals surface area contributed by atoms with Crippen LogP contribution in [0.25, 0.3) is 11.3 Å². The second kappa shape index (κ2) is 4.79. The molecule has 2 aromatic heterocycles. The lowest BCUT2D eigenvalue weighted by Crippen LogP contribution is -2.03. The minimum Gasteiger partial charge on any atom is -0.264 e. The van der Waals surface area contributed by atoms with E-state index in [-0.39, 0.29) is 0 Å². The van der Waals surface area contributed by atoms with Gasteiger partial charge in [0.1, 0.15) is 0 Å². The van der Waals surface area contributed by atoms with Crippen LogP contribution < -0.4 is 0 Å². The average molecular weight is 236 g/mol. The summed E-state index contributed by atoms with van der Waals surface area (Å²) in [4.78, 5) is 4.12. The highest BCUT2D eigenvalue weighted by Gasteiger charge is 2.06. The van der Waals surface area contributed by atoms with Crippen LogP contribution in [0.5, 0.6) is 0 Å². The predicted molar refractivity (Wildman–Crippen MR) is 68.8 cm³/mol. The quantitative estimate of drug-likeness (QED) is 0.701. The van der Waals surface area contributed by atoms with E-state index >= 15 is 0 Å². The van der Waals surface area contributed by atoms with Crippen molar-refractivity contribution < 1.29 is 0 Å². The number of nitrogens with zero attached hydrogens (tertiary/aromatic N) is 4. The van der Waals surface area contributed by atoms with Crippen molar-refractivity contribution in [3.8, 4) is 11.3 Å². The molecule has 0 bridgehead atoms. The second-order valence-electron chi connectivity index (χ2n) is 4.00. The highest BCUT2D eigenvalue weighted by atomic mass is 15.4. The molecule has 0 aliphatic rings. The maximum absolute atomic E-state index is 4.13. The molecule has 0 aliphatic heterocycles. The lowest BCUT2D eigenvalue weighted by molar-refractivity contribution is 0.655. The van der Waals surface area contributed by atoms with Gasteiger partial charge < -0.3 is 0 Å². The molecule has 0 spiro atoms. The van der Waals surface area contributed by atoms with Gasteiger partial charge >= 0.3 is 0 Å². The molecular weight excluding hydrogens is 224 g/mol. The highest BCUT2D eigenvalue weighted by molar-refractivity contribution is 5.56. The smallest absolute Gasteiger partial charge is 0.0905 e. The standard InChI is InChI=1S/C14H12N4/c1-2-5-12(6-3-1)11-18-14(10-16-17-18)13-7-4-8-15-9-13/h1-10H,11H2. The fraction of sp³-hybridized carbons (Fsp3) is 0.0714. The summed E-state index contributed by atoms with van der Waals surface area (Å²) in [6.07, 6.45) is 5.34. The Hall–Kier alpha value is -2.49. The molecule has 88 valence electrons. The zero-order valence-electron chi connectivity index (χ0n) is 9.77. The van der Waals surface area contributed by atoms with E-state index in [0.29, 0.717) is 6.54 Å². The fourth-order valence-electron chi connectivity index (χ4n) is 1.87. The monoisotopic (exact) mass is 236 g/mol. The van der Waals surface area contributed by atoms with Gasteiger partial charge in [0.25, 0.3) is 0 Å². The van der Waals surface area contributed by atoms with Crippen LogP contribution >= 0.6 is 0 Å². The third-order valence-electron chi connectivity index (χ3n) is 2.75. The Labute approximate surface area is 105 Å². The van der Waals surface area contributed by atoms with E-state index in [1.54, 1.807) is 12.4 Å². The molecule has 3 rings (SSSR count). The number of rotatable bonds is 3. The molecule has 18 heavy (non-hydrogen) atoms. The number of hydrogen-bond acceptors (Lipinski definition) is 3. The van der Waals surface area contributed by atoms with E-state index < -0.39 is 0 Å². The number of pyridine rings is 1. The normalized spacial score (nSPS) is 10.4. The molecule has 0 fully saturated rings. The van der Waals surface area contributed by atoms with Crippen LogP contribution in [0, 0.1) is 0 Å². The summed E-state index contributed by atoms with van der Waals surface area (Å²) in [5.74, 6) is 0. The topological polar surface area (TPSA) is 43.6 Å². The molecule has 0 atom stereocenters. The summed E-state index contributed by atoms with van der Waals surface area (Å²) < 4.78 is 1.88. The first-order chi connectivity index (χ1) is 8.93. The van der Waals surface area contributed by atoms with Crippen molar-refractivity contribution in [2.24, 2.45) is 0 Å². The Bertz CT molecular complexity index is 617. The van der Waals surface area contributed by atoms with Crippen LogP contribution in [0.3, 0.4) is 0 Å². The number of aromatic nitrogens is 4. The predicted octanol–water partition coefficient (Wildman–Crippen LogP) is 2.39. The molecule has 1 aromatic carbocycles. The first-order valence-corrected chi connectivity index (χ1v) is 5.76. The first kappa shape index (κ1) is 10.7. The maximum Gasteiger partial charge on any atom is 0.0905 e. The van der Waals surface area contributed by atoms with Gasteiger partial charge in [-0.1, -0.05) is 35.5 Å². The summed E-state index contributed by atoms with van der Waals surface area (Å²) in [5, 5.41) is 8.11. The first-order valence-electron chi connectivity index (χ1n) is 5.76. The van der Waals surface area contributed by atoms with Crippen molar-refractivity contribution in [3.63, 3.8) is 0 Å². The molecule has 3 aromatic rings. The van der Waals surface area contributed by atoms with E-state index in [0.717, 1.165) is 11.3 Å². The lowest BCUT2D eigenvalue weighted by atomic mass is 10.2. The molecule has 4 nitrogen and oxygen atoms in total. The van der Waals surface area contributed by atoms with Crippen LogP contribution in [-0.4, -0.2) is 20.0 Å². The van der Waals surface area contributed by atoms with Crippen molar-refractivity contribution >= 4 is 0 Å². The molecular formula is C14H12N4. The molecule has 0 radical (unpaired) electrons. The summed E-state index contributed by atoms with van der Waals surface area (Å²) in [7, 11) is 0. The van der Waals surface area contributed by atoms with Gasteiger partial charge in [-0.3, -0.25) is 4.98 Å². The molecule has 2 heterocycles. The molecule has 0 unspecified atom stereocenters. The van der Waals surface area contributed by atoms with Crippen molar-refractivity contribution in [3.05, 3.63) is 66.6 Å². The van der Waals surface area contributed by atoms with Gasteiger partial charge in [-0.15, -0.1) is 5.10 Å². The summed E-state index contributed by atoms with van der Waals surface area (Å²) in [6.45, 7) is 0.713. The van der Waals surface area contributed by atoms with Crippen molar-refractivity contribution in [2.45, 2.75) is 6.54 Å². The zero-order chi connectivity index (χ0) is 12.2. The van der Waals surface area contributed by atoms with Gasteiger partial charge in [0, 0.05) is 18.0 Å². The summed E-state index contributed by atoms with van der Waals surface area (Å²) in [5.41, 5.74) is 3.21. The third kappa shape index (κ3) is 2.13. The maximum atomic E-state index is 4.13. The Morgan fingerprint density at radius 1 is 0.944 bits per heavy atom. The largest absolute Gasteiger partial charge is 0.264 e. The van der Waals surface area contributed by atoms with Crippen molar-refractivity contribution in [1.82, 2.24) is 20.0 Å². The van der Waals surface area contributed by atoms with Gasteiger partial charge in [-0.2, -0.15) is 0 Å². The number of benzene rings is 1. The SMILES string of the molecule is c1ccc(Cn2nncc2-c2cccnc2)cc1. The van der Waals surface area contributed by atoms with Crippen LogP contribution in [-0.2, 0) is 6.54 Å². The Balaban J connectivity index is 1.93. The van der Waals surface area contributed by atoms with Crippen LogP contribution in [0.15, 0.2) is 61.1 Å². The summed E-state index contributed by atoms with van der Waals surface area (Å²) in [6, 6.07) is 14.1. The molecule has 0 aliphatic carbocycles. The molecule has 4 heteroatoms. The van der Waals surface area contributed by atoms with Gasteiger partial charge in [0.05, 0.1) is 18.4 Å². The van der Waals surface area contributed by atoms with Crippen LogP contribution in [0.4, 0.5) is 0 Å². The van der Waals surface area contributed by atoms with E-state index in [2.05, 4.69) is 27.4 Å². The Kier molecular flexibility index (Phi) is 2.84. The van der Waals surface area contributed by atoms with Crippen molar-refractivity contribution in [1.29, 1.82) is 0 Å². The van der Waals surface area contributed by atoms with E-state index in [9.17, 15) is 0 Å². The van der Waals surface area contributed by atoms with E-state index in [1.807, 2.05) is 41.2 Å². The van der Waals surface area contributed by atoms with E-state index in [1.165, 1.54) is 5.56 Å². The lowest BCUT2D eigenvalue weighted by Gasteiger charge is -2.05. The molecule has 0 saturated heterocycles. The average Bonchev–Trinajstić information content (AvgIpc) is 2.89. The fourth-order valence-corrected chi connectivity index (χ4v) is 1.87. The molecule has 0 amide bonds. The zero-order valence-corrected chi connectivity index (χ0v) is 9.77. The van der Waals surface area contributed by atoms with Crippen LogP contribution in [0.2, 0.25) is 0 Å². The minimum atomic E-state index is 0.713. The highest BCUT2D eigenvalue weighted by Crippen LogP contribution is 2.17. The Morgan fingerprint density at radius 3 is 2.61 bits per heavy atom. The molecule has 0 saturated carbocycles. The van der Waals surface area contributed by atoms with Gasteiger partial charge in [-0.25, -0.2) is 4.68 Å². The van der Waals surface area contributed by atoms with Gasteiger partial charge in [0.2, 0.25) is 0 Å². The summed E-state index contributed by atoms with van der Waals surface area (Å²) >= 11 is 0.